The van der Waals surface area contributed by atoms with Crippen LogP contribution in [0.15, 0.2) is 42.5 Å². The number of para-hydroxylation sites is 1. The molecule has 0 radical (unpaired) electrons. The third-order valence-corrected chi connectivity index (χ3v) is 3.57. The molecule has 1 aromatic carbocycles. The normalized spacial score (nSPS) is 18.1. The summed E-state index contributed by atoms with van der Waals surface area (Å²) in [4.78, 5) is 15.9. The average molecular weight is 268 g/mol. The number of carbonyl (C=O) groups is 1. The molecule has 1 heterocycles. The average Bonchev–Trinajstić information content (AvgIpc) is 2.47. The minimum Gasteiger partial charge on any atom is -0.478 e. The van der Waals surface area contributed by atoms with Crippen molar-refractivity contribution in [2.45, 2.75) is 25.3 Å². The molecule has 3 rings (SSSR count). The highest BCUT2D eigenvalue weighted by atomic mass is 16.4. The van der Waals surface area contributed by atoms with Crippen LogP contribution >= 0.6 is 0 Å². The first-order chi connectivity index (χ1) is 9.74. The Labute approximate surface area is 117 Å². The summed E-state index contributed by atoms with van der Waals surface area (Å²) >= 11 is 0. The van der Waals surface area contributed by atoms with E-state index in [2.05, 4.69) is 22.5 Å². The van der Waals surface area contributed by atoms with Crippen molar-refractivity contribution >= 4 is 22.7 Å². The Kier molecular flexibility index (Phi) is 3.37. The lowest BCUT2D eigenvalue weighted by Crippen LogP contribution is -2.21. The number of benzene rings is 1. The van der Waals surface area contributed by atoms with E-state index in [1.165, 1.54) is 0 Å². The van der Waals surface area contributed by atoms with Crippen LogP contribution in [-0.4, -0.2) is 22.1 Å². The zero-order valence-electron chi connectivity index (χ0n) is 11.0. The topological polar surface area (TPSA) is 62.2 Å². The summed E-state index contributed by atoms with van der Waals surface area (Å²) in [5, 5.41) is 13.4. The van der Waals surface area contributed by atoms with Gasteiger partial charge in [-0.3, -0.25) is 0 Å². The number of carboxylic acid groups (broad SMARTS) is 1. The molecule has 102 valence electrons. The molecular weight excluding hydrogens is 252 g/mol. The zero-order valence-corrected chi connectivity index (χ0v) is 11.0. The number of nitrogens with one attached hydrogen (secondary N) is 1. The molecule has 0 fully saturated rings. The Morgan fingerprint density at radius 1 is 1.30 bits per heavy atom. The van der Waals surface area contributed by atoms with Crippen molar-refractivity contribution in [2.24, 2.45) is 0 Å². The summed E-state index contributed by atoms with van der Waals surface area (Å²) in [7, 11) is 0. The van der Waals surface area contributed by atoms with Crippen LogP contribution in [0.25, 0.3) is 10.9 Å². The molecule has 2 N–H and O–H groups in total. The monoisotopic (exact) mass is 268 g/mol. The van der Waals surface area contributed by atoms with Gasteiger partial charge in [-0.15, -0.1) is 0 Å². The van der Waals surface area contributed by atoms with Crippen LogP contribution in [0.1, 0.15) is 29.6 Å². The summed E-state index contributed by atoms with van der Waals surface area (Å²) in [5.41, 5.74) is 1.01. The highest BCUT2D eigenvalue weighted by Crippen LogP contribution is 2.23. The Morgan fingerprint density at radius 2 is 2.15 bits per heavy atom. The molecule has 4 heteroatoms. The highest BCUT2D eigenvalue weighted by Gasteiger charge is 2.14. The molecule has 4 nitrogen and oxygen atoms in total. The summed E-state index contributed by atoms with van der Waals surface area (Å²) in [6.07, 6.45) is 7.39. The Morgan fingerprint density at radius 3 is 2.90 bits per heavy atom. The van der Waals surface area contributed by atoms with E-state index in [1.807, 2.05) is 18.2 Å². The molecule has 0 saturated carbocycles. The van der Waals surface area contributed by atoms with E-state index in [4.69, 9.17) is 0 Å². The van der Waals surface area contributed by atoms with Crippen molar-refractivity contribution in [1.82, 2.24) is 4.98 Å². The molecule has 1 unspecified atom stereocenters. The molecule has 20 heavy (non-hydrogen) atoms. The van der Waals surface area contributed by atoms with Gasteiger partial charge in [-0.2, -0.15) is 0 Å². The van der Waals surface area contributed by atoms with Gasteiger partial charge in [-0.05, 0) is 31.4 Å². The third-order valence-electron chi connectivity index (χ3n) is 3.57. The minimum absolute atomic E-state index is 0.296. The molecule has 1 aliphatic carbocycles. The van der Waals surface area contributed by atoms with Gasteiger partial charge in [0.25, 0.3) is 0 Å². The summed E-state index contributed by atoms with van der Waals surface area (Å²) in [5.74, 6) is -0.281. The first-order valence-electron chi connectivity index (χ1n) is 6.78. The third kappa shape index (κ3) is 2.50. The predicted octanol–water partition coefficient (Wildman–Crippen LogP) is 3.45. The van der Waals surface area contributed by atoms with Crippen LogP contribution in [0.4, 0.5) is 5.82 Å². The van der Waals surface area contributed by atoms with Gasteiger partial charge in [-0.1, -0.05) is 30.4 Å². The van der Waals surface area contributed by atoms with Gasteiger partial charge in [0.05, 0.1) is 11.1 Å². The molecule has 0 bridgehead atoms. The maximum atomic E-state index is 11.4. The highest BCUT2D eigenvalue weighted by molar-refractivity contribution is 6.03. The standard InChI is InChI=1S/C16H16N2O2/c19-16(20)13-10-15(17-11-6-2-1-3-7-11)18-14-9-5-4-8-12(13)14/h1-2,4-5,8-11H,3,6-7H2,(H,17,18)(H,19,20). The smallest absolute Gasteiger partial charge is 0.336 e. The van der Waals surface area contributed by atoms with Crippen LogP contribution in [0, 0.1) is 0 Å². The number of hydrogen-bond donors (Lipinski definition) is 2. The van der Waals surface area contributed by atoms with Crippen LogP contribution in [0.3, 0.4) is 0 Å². The van der Waals surface area contributed by atoms with E-state index in [0.29, 0.717) is 28.3 Å². The van der Waals surface area contributed by atoms with Crippen LogP contribution in [-0.2, 0) is 0 Å². The summed E-state index contributed by atoms with van der Waals surface area (Å²) in [6, 6.07) is 9.29. The fourth-order valence-corrected chi connectivity index (χ4v) is 2.56. The van der Waals surface area contributed by atoms with Gasteiger partial charge in [0.2, 0.25) is 0 Å². The molecule has 2 aromatic rings. The predicted molar refractivity (Wildman–Crippen MR) is 79.1 cm³/mol. The largest absolute Gasteiger partial charge is 0.478 e. The van der Waals surface area contributed by atoms with Gasteiger partial charge in [0, 0.05) is 11.4 Å². The lowest BCUT2D eigenvalue weighted by Gasteiger charge is -2.20. The lowest BCUT2D eigenvalue weighted by atomic mass is 10.0. The Bertz CT molecular complexity index is 679. The second-order valence-electron chi connectivity index (χ2n) is 5.00. The molecule has 0 spiro atoms. The van der Waals surface area contributed by atoms with Gasteiger partial charge >= 0.3 is 5.97 Å². The van der Waals surface area contributed by atoms with Crippen molar-refractivity contribution in [3.8, 4) is 0 Å². The molecule has 0 aliphatic heterocycles. The number of fused-ring (bicyclic) bond motifs is 1. The number of aromatic nitrogens is 1. The van der Waals surface area contributed by atoms with E-state index < -0.39 is 5.97 Å². The van der Waals surface area contributed by atoms with Crippen molar-refractivity contribution in [2.75, 3.05) is 5.32 Å². The summed E-state index contributed by atoms with van der Waals surface area (Å²) in [6.45, 7) is 0. The van der Waals surface area contributed by atoms with Crippen LogP contribution < -0.4 is 5.32 Å². The number of anilines is 1. The molecule has 1 aromatic heterocycles. The second-order valence-corrected chi connectivity index (χ2v) is 5.00. The summed E-state index contributed by atoms with van der Waals surface area (Å²) < 4.78 is 0. The van der Waals surface area contributed by atoms with E-state index in [-0.39, 0.29) is 0 Å². The first-order valence-corrected chi connectivity index (χ1v) is 6.78. The van der Waals surface area contributed by atoms with E-state index in [9.17, 15) is 9.90 Å². The van der Waals surface area contributed by atoms with E-state index in [0.717, 1.165) is 19.3 Å². The Hall–Kier alpha value is -2.36. The fourth-order valence-electron chi connectivity index (χ4n) is 2.56. The van der Waals surface area contributed by atoms with E-state index in [1.54, 1.807) is 12.1 Å². The zero-order chi connectivity index (χ0) is 13.9. The maximum absolute atomic E-state index is 11.4. The quantitative estimate of drug-likeness (QED) is 0.837. The fraction of sp³-hybridized carbons (Fsp3) is 0.250. The first kappa shape index (κ1) is 12.7. The lowest BCUT2D eigenvalue weighted by molar-refractivity contribution is 0.0699. The number of rotatable bonds is 3. The molecule has 1 atom stereocenters. The molecule has 0 saturated heterocycles. The van der Waals surface area contributed by atoms with Crippen LogP contribution in [0.2, 0.25) is 0 Å². The van der Waals surface area contributed by atoms with Gasteiger partial charge in [0.15, 0.2) is 0 Å². The SMILES string of the molecule is O=C(O)c1cc(NC2CC=CCC2)nc2ccccc12. The van der Waals surface area contributed by atoms with Gasteiger partial charge in [0.1, 0.15) is 5.82 Å². The van der Waals surface area contributed by atoms with Crippen molar-refractivity contribution in [3.63, 3.8) is 0 Å². The molecule has 0 amide bonds. The van der Waals surface area contributed by atoms with Crippen molar-refractivity contribution < 1.29 is 9.90 Å². The van der Waals surface area contributed by atoms with E-state index >= 15 is 0 Å². The maximum Gasteiger partial charge on any atom is 0.336 e. The number of hydrogen-bond acceptors (Lipinski definition) is 3. The van der Waals surface area contributed by atoms with Crippen LogP contribution in [0.5, 0.6) is 0 Å². The minimum atomic E-state index is -0.921. The second kappa shape index (κ2) is 5.33. The Balaban J connectivity index is 1.99. The van der Waals surface area contributed by atoms with Gasteiger partial charge in [-0.25, -0.2) is 9.78 Å². The molecular formula is C16H16N2O2. The number of carboxylic acids is 1. The number of nitrogens with zero attached hydrogens (tertiary/aromatic N) is 1. The number of allylic oxidation sites excluding steroid dienone is 1. The van der Waals surface area contributed by atoms with Gasteiger partial charge < -0.3 is 10.4 Å². The number of aromatic carboxylic acids is 1. The molecule has 1 aliphatic rings. The number of pyridine rings is 1. The van der Waals surface area contributed by atoms with Crippen molar-refractivity contribution in [3.05, 3.63) is 48.0 Å². The van der Waals surface area contributed by atoms with Crippen molar-refractivity contribution in [1.29, 1.82) is 0 Å².